The van der Waals surface area contributed by atoms with Crippen LogP contribution in [0.4, 0.5) is 13.2 Å². The number of benzene rings is 1. The van der Waals surface area contributed by atoms with E-state index >= 15 is 0 Å². The van der Waals surface area contributed by atoms with Crippen molar-refractivity contribution in [1.82, 2.24) is 14.8 Å². The number of hydrogen-bond donors (Lipinski definition) is 1. The van der Waals surface area contributed by atoms with Crippen molar-refractivity contribution >= 4 is 28.3 Å². The van der Waals surface area contributed by atoms with Crippen LogP contribution in [0.25, 0.3) is 27.3 Å². The van der Waals surface area contributed by atoms with Gasteiger partial charge in [-0.2, -0.15) is 18.3 Å². The predicted molar refractivity (Wildman–Crippen MR) is 108 cm³/mol. The van der Waals surface area contributed by atoms with Crippen LogP contribution in [0, 0.1) is 6.92 Å². The van der Waals surface area contributed by atoms with Gasteiger partial charge in [0.2, 0.25) is 0 Å². The Morgan fingerprint density at radius 3 is 2.43 bits per heavy atom. The number of hydrogen-bond acceptors (Lipinski definition) is 4. The first-order chi connectivity index (χ1) is 14.2. The zero-order valence-electron chi connectivity index (χ0n) is 16.0. The lowest BCUT2D eigenvalue weighted by Crippen LogP contribution is -2.08. The van der Waals surface area contributed by atoms with Crippen molar-refractivity contribution in [1.29, 1.82) is 0 Å². The Morgan fingerprint density at radius 1 is 1.17 bits per heavy atom. The number of carbonyl (C=O) groups is 1. The third-order valence-electron chi connectivity index (χ3n) is 4.74. The fourth-order valence-corrected chi connectivity index (χ4v) is 4.18. The lowest BCUT2D eigenvalue weighted by atomic mass is 10.1. The summed E-state index contributed by atoms with van der Waals surface area (Å²) in [6, 6.07) is 10.5. The van der Waals surface area contributed by atoms with Crippen molar-refractivity contribution in [3.8, 4) is 16.3 Å². The third-order valence-corrected chi connectivity index (χ3v) is 5.99. The van der Waals surface area contributed by atoms with Crippen molar-refractivity contribution in [2.75, 3.05) is 0 Å². The molecule has 3 aromatic heterocycles. The standard InChI is InChI=1S/C21H16F3N3O2S/c1-3-14-8-9-17(30-14)16-10-15(21(22,23)24)18-11(2)26-27(19(18)25-16)13-6-4-12(5-7-13)20(28)29/h4-10H,3H2,1-2H3,(H,28,29). The molecule has 0 unspecified atom stereocenters. The van der Waals surface area contributed by atoms with Gasteiger partial charge in [0.05, 0.1) is 38.5 Å². The Kier molecular flexibility index (Phi) is 4.85. The second-order valence-electron chi connectivity index (χ2n) is 6.72. The molecule has 1 aromatic carbocycles. The average molecular weight is 431 g/mol. The summed E-state index contributed by atoms with van der Waals surface area (Å²) in [6.45, 7) is 3.48. The van der Waals surface area contributed by atoms with Gasteiger partial charge in [-0.05, 0) is 55.8 Å². The van der Waals surface area contributed by atoms with Gasteiger partial charge in [0.15, 0.2) is 5.65 Å². The summed E-state index contributed by atoms with van der Waals surface area (Å²) in [6.07, 6.45) is -3.79. The molecule has 0 aliphatic rings. The summed E-state index contributed by atoms with van der Waals surface area (Å²) in [7, 11) is 0. The maximum absolute atomic E-state index is 13.9. The molecule has 0 bridgehead atoms. The number of alkyl halides is 3. The van der Waals surface area contributed by atoms with Crippen molar-refractivity contribution < 1.29 is 23.1 Å². The Hall–Kier alpha value is -3.20. The van der Waals surface area contributed by atoms with E-state index in [0.29, 0.717) is 10.6 Å². The first-order valence-corrected chi connectivity index (χ1v) is 9.91. The second-order valence-corrected chi connectivity index (χ2v) is 7.89. The molecule has 0 saturated heterocycles. The molecule has 30 heavy (non-hydrogen) atoms. The first kappa shape index (κ1) is 20.1. The van der Waals surface area contributed by atoms with Gasteiger partial charge in [-0.15, -0.1) is 11.3 Å². The number of aromatic carboxylic acids is 1. The highest BCUT2D eigenvalue weighted by atomic mass is 32.1. The molecule has 0 aliphatic heterocycles. The largest absolute Gasteiger partial charge is 0.478 e. The van der Waals surface area contributed by atoms with E-state index in [1.54, 1.807) is 6.07 Å². The van der Waals surface area contributed by atoms with Crippen molar-refractivity contribution in [3.05, 3.63) is 64.2 Å². The molecule has 9 heteroatoms. The number of halogens is 3. The second kappa shape index (κ2) is 7.24. The van der Waals surface area contributed by atoms with Gasteiger partial charge in [0.1, 0.15) is 0 Å². The number of rotatable bonds is 4. The Labute approximate surface area is 173 Å². The van der Waals surface area contributed by atoms with Crippen molar-refractivity contribution in [2.24, 2.45) is 0 Å². The lowest BCUT2D eigenvalue weighted by Gasteiger charge is -2.11. The SMILES string of the molecule is CCc1ccc(-c2cc(C(F)(F)F)c3c(C)nn(-c4ccc(C(=O)O)cc4)c3n2)s1. The molecule has 5 nitrogen and oxygen atoms in total. The molecule has 0 fully saturated rings. The van der Waals surface area contributed by atoms with E-state index in [9.17, 15) is 18.0 Å². The highest BCUT2D eigenvalue weighted by molar-refractivity contribution is 7.15. The zero-order valence-corrected chi connectivity index (χ0v) is 16.8. The van der Waals surface area contributed by atoms with E-state index < -0.39 is 17.7 Å². The normalized spacial score (nSPS) is 11.9. The van der Waals surface area contributed by atoms with E-state index in [1.807, 2.05) is 13.0 Å². The van der Waals surface area contributed by atoms with Gasteiger partial charge in [-0.3, -0.25) is 0 Å². The van der Waals surface area contributed by atoms with Crippen LogP contribution in [-0.4, -0.2) is 25.8 Å². The highest BCUT2D eigenvalue weighted by Gasteiger charge is 2.36. The van der Waals surface area contributed by atoms with E-state index in [0.717, 1.165) is 17.4 Å². The molecule has 0 aliphatic carbocycles. The minimum Gasteiger partial charge on any atom is -0.478 e. The number of aromatic nitrogens is 3. The van der Waals surface area contributed by atoms with Gasteiger partial charge < -0.3 is 5.11 Å². The summed E-state index contributed by atoms with van der Waals surface area (Å²) < 4.78 is 43.0. The number of carboxylic acid groups (broad SMARTS) is 1. The quantitative estimate of drug-likeness (QED) is 0.448. The lowest BCUT2D eigenvalue weighted by molar-refractivity contribution is -0.136. The maximum atomic E-state index is 13.9. The van der Waals surface area contributed by atoms with Crippen LogP contribution in [0.1, 0.15) is 33.4 Å². The van der Waals surface area contributed by atoms with Crippen LogP contribution in [0.5, 0.6) is 0 Å². The van der Waals surface area contributed by atoms with Gasteiger partial charge in [-0.25, -0.2) is 14.5 Å². The summed E-state index contributed by atoms with van der Waals surface area (Å²) in [5, 5.41) is 13.3. The third kappa shape index (κ3) is 3.45. The van der Waals surface area contributed by atoms with Gasteiger partial charge in [0.25, 0.3) is 0 Å². The van der Waals surface area contributed by atoms with E-state index in [1.165, 1.54) is 47.2 Å². The van der Waals surface area contributed by atoms with E-state index in [4.69, 9.17) is 5.11 Å². The zero-order chi connectivity index (χ0) is 21.6. The molecule has 0 saturated carbocycles. The summed E-state index contributed by atoms with van der Waals surface area (Å²) in [5.41, 5.74) is 0.201. The van der Waals surface area contributed by atoms with E-state index in [-0.39, 0.29) is 28.0 Å². The van der Waals surface area contributed by atoms with Crippen LogP contribution >= 0.6 is 11.3 Å². The molecular weight excluding hydrogens is 415 g/mol. The van der Waals surface area contributed by atoms with Crippen LogP contribution in [0.2, 0.25) is 0 Å². The molecule has 4 rings (SSSR count). The van der Waals surface area contributed by atoms with Crippen LogP contribution < -0.4 is 0 Å². The molecule has 0 radical (unpaired) electrons. The average Bonchev–Trinajstić information content (AvgIpc) is 3.31. The smallest absolute Gasteiger partial charge is 0.417 e. The molecule has 0 amide bonds. The van der Waals surface area contributed by atoms with Crippen molar-refractivity contribution in [2.45, 2.75) is 26.4 Å². The van der Waals surface area contributed by atoms with Gasteiger partial charge in [-0.1, -0.05) is 6.92 Å². The molecule has 0 atom stereocenters. The van der Waals surface area contributed by atoms with E-state index in [2.05, 4.69) is 10.1 Å². The number of nitrogens with zero attached hydrogens (tertiary/aromatic N) is 3. The van der Waals surface area contributed by atoms with Crippen molar-refractivity contribution in [3.63, 3.8) is 0 Å². The molecular formula is C21H16F3N3O2S. The molecule has 0 spiro atoms. The summed E-state index contributed by atoms with van der Waals surface area (Å²) in [5.74, 6) is -1.09. The number of pyridine rings is 1. The fourth-order valence-electron chi connectivity index (χ4n) is 3.27. The van der Waals surface area contributed by atoms with Crippen LogP contribution in [0.3, 0.4) is 0 Å². The Balaban J connectivity index is 1.98. The summed E-state index contributed by atoms with van der Waals surface area (Å²) >= 11 is 1.40. The van der Waals surface area contributed by atoms with Crippen LogP contribution in [0.15, 0.2) is 42.5 Å². The topological polar surface area (TPSA) is 68.0 Å². The monoisotopic (exact) mass is 431 g/mol. The molecule has 154 valence electrons. The van der Waals surface area contributed by atoms with Crippen LogP contribution in [-0.2, 0) is 12.6 Å². The summed E-state index contributed by atoms with van der Waals surface area (Å²) in [4.78, 5) is 17.3. The molecule has 4 aromatic rings. The Morgan fingerprint density at radius 2 is 1.87 bits per heavy atom. The number of aryl methyl sites for hydroxylation is 2. The highest BCUT2D eigenvalue weighted by Crippen LogP contribution is 2.39. The van der Waals surface area contributed by atoms with Gasteiger partial charge in [0, 0.05) is 4.88 Å². The molecule has 1 N–H and O–H groups in total. The number of carboxylic acids is 1. The number of fused-ring (bicyclic) bond motifs is 1. The Bertz CT molecular complexity index is 1260. The number of thiophene rings is 1. The maximum Gasteiger partial charge on any atom is 0.417 e. The minimum atomic E-state index is -4.58. The first-order valence-electron chi connectivity index (χ1n) is 9.09. The predicted octanol–water partition coefficient (Wildman–Crippen LogP) is 5.74. The fraction of sp³-hybridized carbons (Fsp3) is 0.190. The van der Waals surface area contributed by atoms with Gasteiger partial charge >= 0.3 is 12.1 Å². The molecule has 3 heterocycles. The minimum absolute atomic E-state index is 0.0687.